The van der Waals surface area contributed by atoms with Gasteiger partial charge in [-0.3, -0.25) is 0 Å². The van der Waals surface area contributed by atoms with Crippen LogP contribution in [0.1, 0.15) is 0 Å². The van der Waals surface area contributed by atoms with Gasteiger partial charge in [-0.25, -0.2) is 0 Å². The van der Waals surface area contributed by atoms with E-state index in [2.05, 4.69) is 15.4 Å². The maximum atomic E-state index is 8.65. The van der Waals surface area contributed by atoms with Crippen molar-refractivity contribution < 1.29 is 20.4 Å². The second-order valence-electron chi connectivity index (χ2n) is 3.85. The van der Waals surface area contributed by atoms with Gasteiger partial charge >= 0.3 is 0 Å². The molecule has 0 atom stereocenters. The highest BCUT2D eigenvalue weighted by Crippen LogP contribution is 2.15. The Bertz CT molecular complexity index is 561. The monoisotopic (exact) mass is 301 g/mol. The van der Waals surface area contributed by atoms with E-state index in [1.807, 2.05) is 0 Å². The second-order valence-corrected chi connectivity index (χ2v) is 3.85. The largest absolute Gasteiger partial charge is 0.508 e. The van der Waals surface area contributed by atoms with Crippen molar-refractivity contribution in [2.24, 2.45) is 0 Å². The number of hydrogen-bond acceptors (Lipinski definition) is 7. The van der Waals surface area contributed by atoms with Crippen molar-refractivity contribution in [3.8, 4) is 23.0 Å². The number of phenolic OH excluding ortho intramolecular Hbond substituents is 4. The molecule has 114 valence electrons. The van der Waals surface area contributed by atoms with E-state index in [9.17, 15) is 0 Å². The molecule has 0 amide bonds. The molecule has 1 heterocycles. The summed E-state index contributed by atoms with van der Waals surface area (Å²) in [5, 5.41) is 44.7. The summed E-state index contributed by atoms with van der Waals surface area (Å²) in [7, 11) is 0. The third-order valence-corrected chi connectivity index (χ3v) is 2.07. The standard InChI is InChI=1S/2C6H6O2.C3H3N3/c2*7-5-2-1-3-6(8)4-5;1-2-4-6-5-3-1/h2*1-4,7-8H;1-3H. The van der Waals surface area contributed by atoms with Gasteiger partial charge in [0.25, 0.3) is 0 Å². The highest BCUT2D eigenvalue weighted by molar-refractivity contribution is 5.30. The molecule has 0 spiro atoms. The van der Waals surface area contributed by atoms with Crippen molar-refractivity contribution in [1.82, 2.24) is 15.4 Å². The molecule has 3 rings (SSSR count). The van der Waals surface area contributed by atoms with Gasteiger partial charge in [0, 0.05) is 12.1 Å². The van der Waals surface area contributed by atoms with E-state index in [1.165, 1.54) is 36.4 Å². The van der Waals surface area contributed by atoms with Crippen LogP contribution in [-0.4, -0.2) is 35.8 Å². The molecule has 1 aromatic heterocycles. The van der Waals surface area contributed by atoms with E-state index in [4.69, 9.17) is 20.4 Å². The summed E-state index contributed by atoms with van der Waals surface area (Å²) in [6.07, 6.45) is 3.15. The quantitative estimate of drug-likeness (QED) is 0.501. The number of nitrogens with zero attached hydrogens (tertiary/aromatic N) is 3. The smallest absolute Gasteiger partial charge is 0.119 e. The molecule has 0 saturated carbocycles. The molecule has 0 bridgehead atoms. The Labute approximate surface area is 126 Å². The third-order valence-electron chi connectivity index (χ3n) is 2.07. The number of aromatic nitrogens is 3. The van der Waals surface area contributed by atoms with Crippen molar-refractivity contribution in [2.45, 2.75) is 0 Å². The zero-order valence-corrected chi connectivity index (χ0v) is 11.5. The fourth-order valence-corrected chi connectivity index (χ4v) is 1.19. The minimum atomic E-state index is 0.0880. The Morgan fingerprint density at radius 2 is 0.909 bits per heavy atom. The van der Waals surface area contributed by atoms with Crippen LogP contribution in [0.4, 0.5) is 0 Å². The number of phenols is 4. The lowest BCUT2D eigenvalue weighted by atomic mass is 10.3. The Kier molecular flexibility index (Phi) is 7.24. The van der Waals surface area contributed by atoms with Gasteiger partial charge in [-0.2, -0.15) is 0 Å². The maximum Gasteiger partial charge on any atom is 0.119 e. The van der Waals surface area contributed by atoms with E-state index in [-0.39, 0.29) is 23.0 Å². The van der Waals surface area contributed by atoms with Gasteiger partial charge in [0.15, 0.2) is 0 Å². The molecule has 4 N–H and O–H groups in total. The van der Waals surface area contributed by atoms with E-state index in [0.29, 0.717) is 0 Å². The molecule has 22 heavy (non-hydrogen) atoms. The SMILES string of the molecule is Oc1cccc(O)c1.Oc1cccc(O)c1.c1cnnnc1. The predicted molar refractivity (Wildman–Crippen MR) is 79.4 cm³/mol. The first kappa shape index (κ1) is 16.7. The summed E-state index contributed by atoms with van der Waals surface area (Å²) in [5.41, 5.74) is 0. The average Bonchev–Trinajstić information content (AvgIpc) is 2.50. The highest BCUT2D eigenvalue weighted by atomic mass is 16.3. The fourth-order valence-electron chi connectivity index (χ4n) is 1.19. The van der Waals surface area contributed by atoms with Crippen LogP contribution in [0.3, 0.4) is 0 Å². The van der Waals surface area contributed by atoms with Gasteiger partial charge in [0.2, 0.25) is 0 Å². The first-order chi connectivity index (χ1) is 10.6. The zero-order chi connectivity index (χ0) is 16.2. The number of benzene rings is 2. The van der Waals surface area contributed by atoms with Crippen LogP contribution in [0, 0.1) is 0 Å². The van der Waals surface area contributed by atoms with Crippen molar-refractivity contribution >= 4 is 0 Å². The minimum Gasteiger partial charge on any atom is -0.508 e. The lowest BCUT2D eigenvalue weighted by Crippen LogP contribution is -1.78. The fraction of sp³-hybridized carbons (Fsp3) is 0. The van der Waals surface area contributed by atoms with Crippen molar-refractivity contribution in [3.63, 3.8) is 0 Å². The van der Waals surface area contributed by atoms with Gasteiger partial charge in [0.1, 0.15) is 23.0 Å². The van der Waals surface area contributed by atoms with Crippen LogP contribution in [0.2, 0.25) is 0 Å². The third kappa shape index (κ3) is 7.95. The summed E-state index contributed by atoms with van der Waals surface area (Å²) in [4.78, 5) is 0. The molecule has 2 aromatic carbocycles. The molecule has 0 fully saturated rings. The lowest BCUT2D eigenvalue weighted by molar-refractivity contribution is 0.449. The number of aromatic hydroxyl groups is 4. The molecule has 0 aliphatic carbocycles. The summed E-state index contributed by atoms with van der Waals surface area (Å²) in [5.74, 6) is 0.352. The molecule has 0 aliphatic heterocycles. The molecule has 0 saturated heterocycles. The molecular weight excluding hydrogens is 286 g/mol. The van der Waals surface area contributed by atoms with Gasteiger partial charge in [-0.1, -0.05) is 12.1 Å². The van der Waals surface area contributed by atoms with Gasteiger partial charge < -0.3 is 20.4 Å². The molecule has 3 aromatic rings. The maximum absolute atomic E-state index is 8.65. The van der Waals surface area contributed by atoms with Crippen LogP contribution in [-0.2, 0) is 0 Å². The lowest BCUT2D eigenvalue weighted by Gasteiger charge is -1.89. The molecule has 7 heteroatoms. The van der Waals surface area contributed by atoms with E-state index >= 15 is 0 Å². The Morgan fingerprint density at radius 3 is 1.05 bits per heavy atom. The predicted octanol–water partition coefficient (Wildman–Crippen LogP) is 2.07. The van der Waals surface area contributed by atoms with Crippen molar-refractivity contribution in [1.29, 1.82) is 0 Å². The minimum absolute atomic E-state index is 0.0880. The van der Waals surface area contributed by atoms with Crippen LogP contribution in [0.25, 0.3) is 0 Å². The van der Waals surface area contributed by atoms with Gasteiger partial charge in [-0.05, 0) is 35.5 Å². The zero-order valence-electron chi connectivity index (χ0n) is 11.5. The van der Waals surface area contributed by atoms with Crippen LogP contribution < -0.4 is 0 Å². The van der Waals surface area contributed by atoms with Crippen LogP contribution >= 0.6 is 0 Å². The summed E-state index contributed by atoms with van der Waals surface area (Å²) in [6, 6.07) is 13.4. The number of hydrogen-bond donors (Lipinski definition) is 4. The highest BCUT2D eigenvalue weighted by Gasteiger charge is 1.86. The second kappa shape index (κ2) is 9.54. The average molecular weight is 301 g/mol. The topological polar surface area (TPSA) is 120 Å². The normalized spacial score (nSPS) is 8.73. The summed E-state index contributed by atoms with van der Waals surface area (Å²) < 4.78 is 0. The first-order valence-electron chi connectivity index (χ1n) is 6.12. The van der Waals surface area contributed by atoms with Crippen molar-refractivity contribution in [2.75, 3.05) is 0 Å². The molecule has 0 unspecified atom stereocenters. The summed E-state index contributed by atoms with van der Waals surface area (Å²) in [6.45, 7) is 0. The van der Waals surface area contributed by atoms with E-state index < -0.39 is 0 Å². The Morgan fingerprint density at radius 1 is 0.545 bits per heavy atom. The molecule has 0 radical (unpaired) electrons. The number of rotatable bonds is 0. The van der Waals surface area contributed by atoms with Crippen molar-refractivity contribution in [3.05, 3.63) is 67.0 Å². The van der Waals surface area contributed by atoms with Crippen LogP contribution in [0.5, 0.6) is 23.0 Å². The Hall–Kier alpha value is -3.35. The molecule has 0 aliphatic rings. The summed E-state index contributed by atoms with van der Waals surface area (Å²) >= 11 is 0. The Balaban J connectivity index is 0.000000167. The van der Waals surface area contributed by atoms with Gasteiger partial charge in [0.05, 0.1) is 12.4 Å². The molecule has 7 nitrogen and oxygen atoms in total. The molecular formula is C15H15N3O4. The van der Waals surface area contributed by atoms with E-state index in [0.717, 1.165) is 0 Å². The first-order valence-corrected chi connectivity index (χ1v) is 6.12. The van der Waals surface area contributed by atoms with E-state index in [1.54, 1.807) is 30.6 Å². The van der Waals surface area contributed by atoms with Gasteiger partial charge in [-0.15, -0.1) is 10.2 Å². The van der Waals surface area contributed by atoms with Crippen LogP contribution in [0.15, 0.2) is 67.0 Å².